The topological polar surface area (TPSA) is 33.0 Å². The summed E-state index contributed by atoms with van der Waals surface area (Å²) in [4.78, 5) is 0. The minimum Gasteiger partial charge on any atom is -0.377 e. The van der Waals surface area contributed by atoms with Crippen molar-refractivity contribution >= 4 is 0 Å². The second kappa shape index (κ2) is 5.16. The Kier molecular flexibility index (Phi) is 4.10. The number of hydrogen-bond donors (Lipinski definition) is 0. The van der Waals surface area contributed by atoms with Gasteiger partial charge in [0.15, 0.2) is 0 Å². The van der Waals surface area contributed by atoms with E-state index in [1.807, 2.05) is 0 Å². The van der Waals surface area contributed by atoms with Crippen LogP contribution >= 0.6 is 0 Å². The lowest BCUT2D eigenvalue weighted by molar-refractivity contribution is 0.0796. The van der Waals surface area contributed by atoms with Crippen molar-refractivity contribution in [3.8, 4) is 6.07 Å². The molecule has 1 rings (SSSR count). The van der Waals surface area contributed by atoms with Gasteiger partial charge in [-0.05, 0) is 25.2 Å². The van der Waals surface area contributed by atoms with Gasteiger partial charge in [-0.1, -0.05) is 13.3 Å². The molecule has 2 radical (unpaired) electrons. The zero-order valence-electron chi connectivity index (χ0n) is 7.33. The fourth-order valence-electron chi connectivity index (χ4n) is 1.49. The van der Waals surface area contributed by atoms with Crippen LogP contribution in [0, 0.1) is 30.6 Å². The Balaban J connectivity index is 2.07. The van der Waals surface area contributed by atoms with E-state index in [1.54, 1.807) is 0 Å². The summed E-state index contributed by atoms with van der Waals surface area (Å²) in [7, 11) is 0. The lowest BCUT2D eigenvalue weighted by Crippen LogP contribution is -2.09. The van der Waals surface area contributed by atoms with Crippen molar-refractivity contribution in [2.75, 3.05) is 6.61 Å². The molecule has 0 spiro atoms. The Morgan fingerprint density at radius 2 is 2.50 bits per heavy atom. The second-order valence-electron chi connectivity index (χ2n) is 3.18. The van der Waals surface area contributed by atoms with E-state index in [-0.39, 0.29) is 6.10 Å². The number of hydrogen-bond acceptors (Lipinski definition) is 2. The maximum absolute atomic E-state index is 8.29. The highest BCUT2D eigenvalue weighted by molar-refractivity contribution is 4.90. The van der Waals surface area contributed by atoms with Gasteiger partial charge in [0.25, 0.3) is 0 Å². The van der Waals surface area contributed by atoms with Crippen LogP contribution < -0.4 is 0 Å². The summed E-state index contributed by atoms with van der Waals surface area (Å²) in [6.07, 6.45) is 6.20. The lowest BCUT2D eigenvalue weighted by Gasteiger charge is -2.09. The molecule has 0 aromatic rings. The molecule has 1 aliphatic carbocycles. The summed E-state index contributed by atoms with van der Waals surface area (Å²) < 4.78 is 5.47. The first-order valence-corrected chi connectivity index (χ1v) is 4.48. The van der Waals surface area contributed by atoms with E-state index >= 15 is 0 Å². The molecule has 0 bridgehead atoms. The average molecular weight is 165 g/mol. The zero-order chi connectivity index (χ0) is 8.81. The van der Waals surface area contributed by atoms with Crippen LogP contribution in [0.3, 0.4) is 0 Å². The molecule has 2 nitrogen and oxygen atoms in total. The van der Waals surface area contributed by atoms with E-state index in [9.17, 15) is 0 Å². The van der Waals surface area contributed by atoms with Crippen molar-refractivity contribution in [2.45, 2.75) is 31.8 Å². The molecule has 2 heteroatoms. The summed E-state index contributed by atoms with van der Waals surface area (Å²) >= 11 is 0. The fraction of sp³-hybridized carbons (Fsp3) is 0.700. The summed E-state index contributed by atoms with van der Waals surface area (Å²) in [5, 5.41) is 8.29. The van der Waals surface area contributed by atoms with Crippen LogP contribution in [-0.4, -0.2) is 12.7 Å². The van der Waals surface area contributed by atoms with Crippen molar-refractivity contribution < 1.29 is 4.74 Å². The number of rotatable bonds is 4. The molecule has 2 atom stereocenters. The van der Waals surface area contributed by atoms with E-state index in [1.165, 1.54) is 0 Å². The Hall–Kier alpha value is -0.550. The minimum atomic E-state index is 0.282. The third kappa shape index (κ3) is 2.83. The van der Waals surface area contributed by atoms with Crippen molar-refractivity contribution in [3.63, 3.8) is 0 Å². The molecule has 0 aliphatic heterocycles. The maximum atomic E-state index is 8.29. The van der Waals surface area contributed by atoms with Gasteiger partial charge >= 0.3 is 0 Å². The molecule has 0 amide bonds. The molecule has 2 unspecified atom stereocenters. The summed E-state index contributed by atoms with van der Waals surface area (Å²) in [5.74, 6) is 0.706. The zero-order valence-corrected chi connectivity index (χ0v) is 7.33. The minimum absolute atomic E-state index is 0.282. The van der Waals surface area contributed by atoms with Crippen LogP contribution in [0.1, 0.15) is 25.7 Å². The predicted octanol–water partition coefficient (Wildman–Crippen LogP) is 2.12. The SMILES string of the molecule is [CH2]CC1C[CH]C(OCCC#N)C1. The highest BCUT2D eigenvalue weighted by Crippen LogP contribution is 2.28. The van der Waals surface area contributed by atoms with Gasteiger partial charge in [0.05, 0.1) is 25.2 Å². The van der Waals surface area contributed by atoms with E-state index in [0.29, 0.717) is 18.9 Å². The third-order valence-electron chi connectivity index (χ3n) is 2.25. The second-order valence-corrected chi connectivity index (χ2v) is 3.18. The van der Waals surface area contributed by atoms with Gasteiger partial charge in [0.2, 0.25) is 0 Å². The number of nitrogens with zero attached hydrogens (tertiary/aromatic N) is 1. The fourth-order valence-corrected chi connectivity index (χ4v) is 1.49. The third-order valence-corrected chi connectivity index (χ3v) is 2.25. The van der Waals surface area contributed by atoms with Crippen LogP contribution in [-0.2, 0) is 4.74 Å². The first-order valence-electron chi connectivity index (χ1n) is 4.48. The molecule has 0 heterocycles. The van der Waals surface area contributed by atoms with E-state index in [4.69, 9.17) is 10.00 Å². The molecule has 0 aromatic carbocycles. The van der Waals surface area contributed by atoms with E-state index < -0.39 is 0 Å². The normalized spacial score (nSPS) is 28.7. The molecular formula is C10H15NO. The van der Waals surface area contributed by atoms with E-state index in [0.717, 1.165) is 19.3 Å². The molecule has 0 saturated heterocycles. The van der Waals surface area contributed by atoms with Crippen molar-refractivity contribution in [3.05, 3.63) is 13.3 Å². The molecule has 0 aromatic heterocycles. The summed E-state index contributed by atoms with van der Waals surface area (Å²) in [6, 6.07) is 2.07. The molecular weight excluding hydrogens is 150 g/mol. The van der Waals surface area contributed by atoms with Crippen LogP contribution in [0.25, 0.3) is 0 Å². The Labute approximate surface area is 74.5 Å². The van der Waals surface area contributed by atoms with Crippen molar-refractivity contribution in [1.29, 1.82) is 5.26 Å². The summed E-state index contributed by atoms with van der Waals surface area (Å²) in [6.45, 7) is 4.44. The molecule has 0 N–H and O–H groups in total. The van der Waals surface area contributed by atoms with Gasteiger partial charge < -0.3 is 4.74 Å². The molecule has 1 aliphatic rings. The molecule has 66 valence electrons. The van der Waals surface area contributed by atoms with Gasteiger partial charge in [0, 0.05) is 0 Å². The smallest absolute Gasteiger partial charge is 0.0645 e. The monoisotopic (exact) mass is 165 g/mol. The first-order chi connectivity index (χ1) is 5.86. The number of nitriles is 1. The quantitative estimate of drug-likeness (QED) is 0.598. The van der Waals surface area contributed by atoms with Gasteiger partial charge in [-0.3, -0.25) is 0 Å². The largest absolute Gasteiger partial charge is 0.377 e. The highest BCUT2D eigenvalue weighted by atomic mass is 16.5. The van der Waals surface area contributed by atoms with Crippen molar-refractivity contribution in [2.24, 2.45) is 5.92 Å². The highest BCUT2D eigenvalue weighted by Gasteiger charge is 2.23. The first kappa shape index (κ1) is 9.54. The van der Waals surface area contributed by atoms with Crippen LogP contribution in [0.5, 0.6) is 0 Å². The van der Waals surface area contributed by atoms with Crippen LogP contribution in [0.2, 0.25) is 0 Å². The van der Waals surface area contributed by atoms with Crippen LogP contribution in [0.4, 0.5) is 0 Å². The Morgan fingerprint density at radius 1 is 1.67 bits per heavy atom. The number of ether oxygens (including phenoxy) is 1. The maximum Gasteiger partial charge on any atom is 0.0645 e. The Bertz CT molecular complexity index is 162. The molecule has 1 saturated carbocycles. The van der Waals surface area contributed by atoms with Gasteiger partial charge in [0.1, 0.15) is 0 Å². The van der Waals surface area contributed by atoms with Crippen LogP contribution in [0.15, 0.2) is 0 Å². The van der Waals surface area contributed by atoms with E-state index in [2.05, 4.69) is 19.4 Å². The summed E-state index contributed by atoms with van der Waals surface area (Å²) in [5.41, 5.74) is 0. The Morgan fingerprint density at radius 3 is 3.08 bits per heavy atom. The lowest BCUT2D eigenvalue weighted by atomic mass is 10.1. The average Bonchev–Trinajstić information content (AvgIpc) is 2.53. The van der Waals surface area contributed by atoms with Gasteiger partial charge in [-0.2, -0.15) is 5.26 Å². The molecule has 1 fully saturated rings. The standard InChI is InChI=1S/C10H15NO/c1-2-9-4-5-10(8-9)12-7-3-6-11/h5,9-10H,1-4,7-8H2. The molecule has 12 heavy (non-hydrogen) atoms. The van der Waals surface area contributed by atoms with Gasteiger partial charge in [-0.25, -0.2) is 0 Å². The van der Waals surface area contributed by atoms with Gasteiger partial charge in [-0.15, -0.1) is 0 Å². The van der Waals surface area contributed by atoms with Crippen molar-refractivity contribution in [1.82, 2.24) is 0 Å². The predicted molar refractivity (Wildman–Crippen MR) is 47.0 cm³/mol.